The Balaban J connectivity index is 1.90. The number of hydrogen-bond donors (Lipinski definition) is 1. The van der Waals surface area contributed by atoms with Crippen LogP contribution in [-0.4, -0.2) is 35.6 Å². The third kappa shape index (κ3) is 3.68. The maximum atomic E-state index is 11.5. The van der Waals surface area contributed by atoms with Gasteiger partial charge in [0.15, 0.2) is 11.5 Å². The van der Waals surface area contributed by atoms with Gasteiger partial charge in [-0.1, -0.05) is 56.3 Å². The summed E-state index contributed by atoms with van der Waals surface area (Å²) in [4.78, 5) is 13.8. The third-order valence-electron chi connectivity index (χ3n) is 4.79. The molecule has 26 heavy (non-hydrogen) atoms. The van der Waals surface area contributed by atoms with Crippen molar-refractivity contribution in [2.24, 2.45) is 0 Å². The molecule has 5 nitrogen and oxygen atoms in total. The minimum absolute atomic E-state index is 0.263. The Morgan fingerprint density at radius 1 is 1.04 bits per heavy atom. The van der Waals surface area contributed by atoms with Gasteiger partial charge < -0.3 is 19.5 Å². The monoisotopic (exact) mass is 355 g/mol. The lowest BCUT2D eigenvalue weighted by atomic mass is 10.0. The number of ether oxygens (including phenoxy) is 2. The van der Waals surface area contributed by atoms with E-state index in [1.54, 1.807) is 0 Å². The van der Waals surface area contributed by atoms with Gasteiger partial charge >= 0.3 is 5.97 Å². The van der Waals surface area contributed by atoms with E-state index in [0.29, 0.717) is 17.1 Å². The van der Waals surface area contributed by atoms with Crippen LogP contribution in [0.15, 0.2) is 48.5 Å². The predicted octanol–water partition coefficient (Wildman–Crippen LogP) is 3.67. The third-order valence-corrected chi connectivity index (χ3v) is 4.79. The summed E-state index contributed by atoms with van der Waals surface area (Å²) in [5.74, 6) is -1.02. The topological polar surface area (TPSA) is 59.0 Å². The molecule has 0 aromatic heterocycles. The first-order chi connectivity index (χ1) is 12.6. The number of benzene rings is 2. The number of para-hydroxylation sites is 1. The number of hydrogen-bond acceptors (Lipinski definition) is 4. The number of fused-ring (bicyclic) bond motifs is 1. The molecule has 2 aromatic rings. The number of carbonyl (C=O) groups is 1. The number of nitrogens with zero attached hydrogens (tertiary/aromatic N) is 1. The summed E-state index contributed by atoms with van der Waals surface area (Å²) in [6.07, 6.45) is 0.563. The molecule has 0 saturated heterocycles. The second kappa shape index (κ2) is 7.79. The lowest BCUT2D eigenvalue weighted by molar-refractivity contribution is -0.154. The molecule has 3 rings (SSSR count). The Morgan fingerprint density at radius 3 is 2.42 bits per heavy atom. The minimum Gasteiger partial charge on any atom is -0.481 e. The van der Waals surface area contributed by atoms with Gasteiger partial charge in [-0.15, -0.1) is 0 Å². The normalized spacial score (nSPS) is 18.3. The molecule has 2 aromatic carbocycles. The molecule has 0 fully saturated rings. The molecule has 1 heterocycles. The zero-order chi connectivity index (χ0) is 18.6. The highest BCUT2D eigenvalue weighted by atomic mass is 16.7. The van der Waals surface area contributed by atoms with Gasteiger partial charge in [-0.2, -0.15) is 0 Å². The molecule has 0 amide bonds. The van der Waals surface area contributed by atoms with Gasteiger partial charge in [0.2, 0.25) is 0 Å². The van der Waals surface area contributed by atoms with Crippen LogP contribution in [0.4, 0.5) is 0 Å². The summed E-state index contributed by atoms with van der Waals surface area (Å²) in [6.45, 7) is 7.20. The molecule has 1 atom stereocenters. The second-order valence-corrected chi connectivity index (χ2v) is 6.41. The highest BCUT2D eigenvalue weighted by Gasteiger charge is 2.46. The molecule has 0 saturated carbocycles. The first kappa shape index (κ1) is 18.3. The zero-order valence-electron chi connectivity index (χ0n) is 15.3. The van der Waals surface area contributed by atoms with E-state index in [4.69, 9.17) is 9.47 Å². The van der Waals surface area contributed by atoms with Crippen molar-refractivity contribution in [3.8, 4) is 11.5 Å². The summed E-state index contributed by atoms with van der Waals surface area (Å²) in [5.41, 5.74) is 1.74. The highest BCUT2D eigenvalue weighted by Crippen LogP contribution is 2.47. The predicted molar refractivity (Wildman–Crippen MR) is 99.6 cm³/mol. The molecule has 1 unspecified atom stereocenters. The van der Waals surface area contributed by atoms with Crippen molar-refractivity contribution in [3.63, 3.8) is 0 Å². The molecule has 138 valence electrons. The lowest BCUT2D eigenvalue weighted by Crippen LogP contribution is -2.38. The molecular weight excluding hydrogens is 330 g/mol. The van der Waals surface area contributed by atoms with Crippen LogP contribution in [0.5, 0.6) is 11.5 Å². The summed E-state index contributed by atoms with van der Waals surface area (Å²) in [6, 6.07) is 15.1. The van der Waals surface area contributed by atoms with Crippen molar-refractivity contribution in [1.29, 1.82) is 0 Å². The number of likely N-dealkylation sites (N-methyl/N-ethyl adjacent to an activating group) is 1. The molecule has 0 bridgehead atoms. The molecule has 5 heteroatoms. The van der Waals surface area contributed by atoms with E-state index in [9.17, 15) is 9.90 Å². The van der Waals surface area contributed by atoms with Crippen molar-refractivity contribution in [2.45, 2.75) is 32.5 Å². The van der Waals surface area contributed by atoms with Gasteiger partial charge in [0.05, 0.1) is 0 Å². The largest absolute Gasteiger partial charge is 0.481 e. The Labute approximate surface area is 154 Å². The lowest BCUT2D eigenvalue weighted by Gasteiger charge is -2.26. The van der Waals surface area contributed by atoms with Crippen molar-refractivity contribution >= 4 is 5.97 Å². The van der Waals surface area contributed by atoms with E-state index in [1.165, 1.54) is 0 Å². The first-order valence-electron chi connectivity index (χ1n) is 9.07. The maximum absolute atomic E-state index is 11.5. The fourth-order valence-corrected chi connectivity index (χ4v) is 3.32. The van der Waals surface area contributed by atoms with Crippen molar-refractivity contribution in [1.82, 2.24) is 4.90 Å². The molecule has 0 aliphatic carbocycles. The molecule has 0 radical (unpaired) electrons. The quantitative estimate of drug-likeness (QED) is 0.783. The van der Waals surface area contributed by atoms with Crippen LogP contribution in [0.1, 0.15) is 31.4 Å². The van der Waals surface area contributed by atoms with Gasteiger partial charge in [-0.25, -0.2) is 0 Å². The van der Waals surface area contributed by atoms with Crippen LogP contribution in [0.2, 0.25) is 0 Å². The SMILES string of the molecule is CCN(CC)CCc1cccc2c1OC(CC(=O)O)(c1ccccc1)O2. The van der Waals surface area contributed by atoms with Crippen LogP contribution in [0.3, 0.4) is 0 Å². The van der Waals surface area contributed by atoms with E-state index in [0.717, 1.165) is 31.6 Å². The molecule has 1 aliphatic rings. The Morgan fingerprint density at radius 2 is 1.77 bits per heavy atom. The van der Waals surface area contributed by atoms with E-state index < -0.39 is 11.8 Å². The van der Waals surface area contributed by atoms with Crippen molar-refractivity contribution < 1.29 is 19.4 Å². The van der Waals surface area contributed by atoms with Gasteiger partial charge in [0, 0.05) is 12.1 Å². The Kier molecular flexibility index (Phi) is 5.47. The average Bonchev–Trinajstić information content (AvgIpc) is 3.02. The summed E-state index contributed by atoms with van der Waals surface area (Å²) >= 11 is 0. The maximum Gasteiger partial charge on any atom is 0.311 e. The van der Waals surface area contributed by atoms with E-state index >= 15 is 0 Å². The number of rotatable bonds is 8. The summed E-state index contributed by atoms with van der Waals surface area (Å²) in [5, 5.41) is 9.42. The van der Waals surface area contributed by atoms with Gasteiger partial charge in [-0.3, -0.25) is 4.79 Å². The Bertz CT molecular complexity index is 758. The average molecular weight is 355 g/mol. The fraction of sp³-hybridized carbons (Fsp3) is 0.381. The van der Waals surface area contributed by atoms with Gasteiger partial charge in [0.25, 0.3) is 5.79 Å². The Hall–Kier alpha value is -2.53. The van der Waals surface area contributed by atoms with Gasteiger partial charge in [0.1, 0.15) is 6.42 Å². The molecule has 1 aliphatic heterocycles. The second-order valence-electron chi connectivity index (χ2n) is 6.41. The molecule has 0 spiro atoms. The molecular formula is C21H25NO4. The summed E-state index contributed by atoms with van der Waals surface area (Å²) in [7, 11) is 0. The van der Waals surface area contributed by atoms with Gasteiger partial charge in [-0.05, 0) is 31.1 Å². The molecule has 1 N–H and O–H groups in total. The number of carboxylic acids is 1. The minimum atomic E-state index is -1.32. The van der Waals surface area contributed by atoms with E-state index in [-0.39, 0.29) is 6.42 Å². The standard InChI is InChI=1S/C21H25NO4/c1-3-22(4-2)14-13-16-9-8-12-18-20(16)26-21(25-18,15-19(23)24)17-10-6-5-7-11-17/h5-12H,3-4,13-15H2,1-2H3,(H,23,24). The van der Waals surface area contributed by atoms with E-state index in [2.05, 4.69) is 18.7 Å². The smallest absolute Gasteiger partial charge is 0.311 e. The van der Waals surface area contributed by atoms with Crippen LogP contribution in [0, 0.1) is 0 Å². The fourth-order valence-electron chi connectivity index (χ4n) is 3.32. The van der Waals surface area contributed by atoms with Crippen LogP contribution in [-0.2, 0) is 17.0 Å². The van der Waals surface area contributed by atoms with E-state index in [1.807, 2.05) is 48.5 Å². The first-order valence-corrected chi connectivity index (χ1v) is 9.07. The van der Waals surface area contributed by atoms with Crippen LogP contribution >= 0.6 is 0 Å². The van der Waals surface area contributed by atoms with Crippen LogP contribution in [0.25, 0.3) is 0 Å². The highest BCUT2D eigenvalue weighted by molar-refractivity contribution is 5.69. The van der Waals surface area contributed by atoms with Crippen molar-refractivity contribution in [3.05, 3.63) is 59.7 Å². The van der Waals surface area contributed by atoms with Crippen molar-refractivity contribution in [2.75, 3.05) is 19.6 Å². The number of aliphatic carboxylic acids is 1. The van der Waals surface area contributed by atoms with Crippen LogP contribution < -0.4 is 9.47 Å². The summed E-state index contributed by atoms with van der Waals surface area (Å²) < 4.78 is 12.3. The number of carboxylic acid groups (broad SMARTS) is 1. The zero-order valence-corrected chi connectivity index (χ0v) is 15.3.